The van der Waals surface area contributed by atoms with E-state index in [1.54, 1.807) is 6.20 Å². The van der Waals surface area contributed by atoms with Crippen LogP contribution in [-0.4, -0.2) is 15.5 Å². The van der Waals surface area contributed by atoms with Crippen molar-refractivity contribution in [3.63, 3.8) is 0 Å². The molecule has 0 spiro atoms. The topological polar surface area (TPSA) is 46.9 Å². The first-order chi connectivity index (χ1) is 9.94. The van der Waals surface area contributed by atoms with E-state index in [-0.39, 0.29) is 11.3 Å². The Bertz CT molecular complexity index is 611. The Morgan fingerprint density at radius 2 is 1.95 bits per heavy atom. The predicted molar refractivity (Wildman–Crippen MR) is 84.2 cm³/mol. The van der Waals surface area contributed by atoms with Crippen molar-refractivity contribution in [2.45, 2.75) is 40.7 Å². The molecule has 0 fully saturated rings. The van der Waals surface area contributed by atoms with Crippen LogP contribution in [0.15, 0.2) is 36.7 Å². The molecule has 0 saturated heterocycles. The summed E-state index contributed by atoms with van der Waals surface area (Å²) < 4.78 is 2.03. The molecule has 0 unspecified atom stereocenters. The molecular formula is C17H23N3O. The highest BCUT2D eigenvalue weighted by Gasteiger charge is 2.24. The van der Waals surface area contributed by atoms with E-state index in [0.717, 1.165) is 23.5 Å². The number of imidazole rings is 1. The molecule has 1 aromatic carbocycles. The van der Waals surface area contributed by atoms with Gasteiger partial charge in [0.2, 0.25) is 5.91 Å². The summed E-state index contributed by atoms with van der Waals surface area (Å²) in [6.07, 6.45) is 4.56. The normalized spacial score (nSPS) is 11.4. The molecule has 4 heteroatoms. The smallest absolute Gasteiger partial charge is 0.225 e. The van der Waals surface area contributed by atoms with Gasteiger partial charge in [-0.25, -0.2) is 4.98 Å². The molecule has 0 aliphatic rings. The molecule has 0 aliphatic heterocycles. The maximum Gasteiger partial charge on any atom is 0.225 e. The van der Waals surface area contributed by atoms with Gasteiger partial charge in [-0.05, 0) is 31.0 Å². The third kappa shape index (κ3) is 3.51. The third-order valence-corrected chi connectivity index (χ3v) is 3.99. The Hall–Kier alpha value is -2.10. The van der Waals surface area contributed by atoms with Crippen molar-refractivity contribution < 1.29 is 4.79 Å². The van der Waals surface area contributed by atoms with E-state index in [1.807, 2.05) is 62.7 Å². The lowest BCUT2D eigenvalue weighted by Gasteiger charge is -2.21. The standard InChI is InChI=1S/C17H23N3O/c1-5-17(3,4)16(21)19-12-14-6-8-15(9-7-14)20-11-10-18-13(20)2/h6-11H,5,12H2,1-4H3,(H,19,21). The van der Waals surface area contributed by atoms with Crippen LogP contribution in [0.25, 0.3) is 5.69 Å². The van der Waals surface area contributed by atoms with Gasteiger partial charge in [-0.2, -0.15) is 0 Å². The quantitative estimate of drug-likeness (QED) is 0.916. The van der Waals surface area contributed by atoms with E-state index in [9.17, 15) is 4.79 Å². The second kappa shape index (κ2) is 6.12. The van der Waals surface area contributed by atoms with Gasteiger partial charge in [0.05, 0.1) is 0 Å². The number of amides is 1. The van der Waals surface area contributed by atoms with E-state index in [0.29, 0.717) is 6.54 Å². The van der Waals surface area contributed by atoms with E-state index < -0.39 is 0 Å². The van der Waals surface area contributed by atoms with Crippen LogP contribution in [0.1, 0.15) is 38.6 Å². The third-order valence-electron chi connectivity index (χ3n) is 3.99. The van der Waals surface area contributed by atoms with Gasteiger partial charge in [0.1, 0.15) is 5.82 Å². The minimum absolute atomic E-state index is 0.0968. The fourth-order valence-electron chi connectivity index (χ4n) is 2.01. The predicted octanol–water partition coefficient (Wildman–Crippen LogP) is 3.23. The molecule has 0 radical (unpaired) electrons. The van der Waals surface area contributed by atoms with Gasteiger partial charge in [-0.3, -0.25) is 4.79 Å². The number of carbonyl (C=O) groups is 1. The van der Waals surface area contributed by atoms with Gasteiger partial charge in [0, 0.05) is 30.0 Å². The van der Waals surface area contributed by atoms with Crippen LogP contribution in [0.5, 0.6) is 0 Å². The maximum atomic E-state index is 12.0. The molecule has 0 bridgehead atoms. The van der Waals surface area contributed by atoms with Crippen LogP contribution < -0.4 is 5.32 Å². The summed E-state index contributed by atoms with van der Waals surface area (Å²) in [5.74, 6) is 1.06. The van der Waals surface area contributed by atoms with Gasteiger partial charge in [0.25, 0.3) is 0 Å². The lowest BCUT2D eigenvalue weighted by Crippen LogP contribution is -2.35. The Morgan fingerprint density at radius 1 is 1.29 bits per heavy atom. The number of aryl methyl sites for hydroxylation is 1. The summed E-state index contributed by atoms with van der Waals surface area (Å²) in [4.78, 5) is 16.3. The zero-order valence-electron chi connectivity index (χ0n) is 13.2. The Labute approximate surface area is 126 Å². The largest absolute Gasteiger partial charge is 0.352 e. The molecule has 1 aromatic heterocycles. The lowest BCUT2D eigenvalue weighted by atomic mass is 9.89. The van der Waals surface area contributed by atoms with E-state index in [1.165, 1.54) is 0 Å². The van der Waals surface area contributed by atoms with Crippen LogP contribution in [0, 0.1) is 12.3 Å². The molecule has 1 N–H and O–H groups in total. The van der Waals surface area contributed by atoms with Crippen LogP contribution in [-0.2, 0) is 11.3 Å². The zero-order valence-corrected chi connectivity index (χ0v) is 13.2. The number of hydrogen-bond acceptors (Lipinski definition) is 2. The highest BCUT2D eigenvalue weighted by atomic mass is 16.2. The second-order valence-electron chi connectivity index (χ2n) is 5.93. The van der Waals surface area contributed by atoms with Crippen molar-refractivity contribution in [3.05, 3.63) is 48.0 Å². The SMILES string of the molecule is CCC(C)(C)C(=O)NCc1ccc(-n2ccnc2C)cc1. The first-order valence-corrected chi connectivity index (χ1v) is 7.31. The number of hydrogen-bond donors (Lipinski definition) is 1. The number of rotatable bonds is 5. The van der Waals surface area contributed by atoms with Crippen molar-refractivity contribution in [1.29, 1.82) is 0 Å². The summed E-state index contributed by atoms with van der Waals surface area (Å²) in [7, 11) is 0. The molecule has 1 heterocycles. The molecule has 2 rings (SSSR count). The lowest BCUT2D eigenvalue weighted by molar-refractivity contribution is -0.129. The molecule has 112 valence electrons. The fraction of sp³-hybridized carbons (Fsp3) is 0.412. The number of benzene rings is 1. The van der Waals surface area contributed by atoms with E-state index in [4.69, 9.17) is 0 Å². The highest BCUT2D eigenvalue weighted by molar-refractivity contribution is 5.81. The minimum Gasteiger partial charge on any atom is -0.352 e. The Balaban J connectivity index is 2.01. The summed E-state index contributed by atoms with van der Waals surface area (Å²) in [5.41, 5.74) is 1.86. The van der Waals surface area contributed by atoms with Gasteiger partial charge in [-0.15, -0.1) is 0 Å². The second-order valence-corrected chi connectivity index (χ2v) is 5.93. The first kappa shape index (κ1) is 15.3. The molecule has 0 saturated carbocycles. The molecule has 1 amide bonds. The average Bonchev–Trinajstić information content (AvgIpc) is 2.91. The van der Waals surface area contributed by atoms with Crippen molar-refractivity contribution in [2.24, 2.45) is 5.41 Å². The monoisotopic (exact) mass is 285 g/mol. The summed E-state index contributed by atoms with van der Waals surface area (Å²) >= 11 is 0. The zero-order chi connectivity index (χ0) is 15.5. The highest BCUT2D eigenvalue weighted by Crippen LogP contribution is 2.19. The van der Waals surface area contributed by atoms with Crippen molar-refractivity contribution in [3.8, 4) is 5.69 Å². The number of nitrogens with zero attached hydrogens (tertiary/aromatic N) is 2. The molecule has 21 heavy (non-hydrogen) atoms. The van der Waals surface area contributed by atoms with Crippen LogP contribution >= 0.6 is 0 Å². The Morgan fingerprint density at radius 3 is 2.48 bits per heavy atom. The molecule has 0 atom stereocenters. The summed E-state index contributed by atoms with van der Waals surface area (Å²) in [5, 5.41) is 3.00. The van der Waals surface area contributed by atoms with Crippen molar-refractivity contribution in [1.82, 2.24) is 14.9 Å². The molecular weight excluding hydrogens is 262 g/mol. The van der Waals surface area contributed by atoms with Gasteiger partial charge in [-0.1, -0.05) is 32.9 Å². The van der Waals surface area contributed by atoms with Gasteiger partial charge < -0.3 is 9.88 Å². The number of nitrogens with one attached hydrogen (secondary N) is 1. The fourth-order valence-corrected chi connectivity index (χ4v) is 2.01. The van der Waals surface area contributed by atoms with Crippen LogP contribution in [0.3, 0.4) is 0 Å². The molecule has 2 aromatic rings. The van der Waals surface area contributed by atoms with Crippen LogP contribution in [0.4, 0.5) is 0 Å². The number of carbonyl (C=O) groups excluding carboxylic acids is 1. The Kier molecular flexibility index (Phi) is 4.46. The minimum atomic E-state index is -0.312. The average molecular weight is 285 g/mol. The summed E-state index contributed by atoms with van der Waals surface area (Å²) in [6, 6.07) is 8.16. The van der Waals surface area contributed by atoms with E-state index in [2.05, 4.69) is 10.3 Å². The summed E-state index contributed by atoms with van der Waals surface area (Å²) in [6.45, 7) is 8.49. The maximum absolute atomic E-state index is 12.0. The van der Waals surface area contributed by atoms with E-state index >= 15 is 0 Å². The van der Waals surface area contributed by atoms with Gasteiger partial charge >= 0.3 is 0 Å². The van der Waals surface area contributed by atoms with Crippen LogP contribution in [0.2, 0.25) is 0 Å². The molecule has 4 nitrogen and oxygen atoms in total. The number of aromatic nitrogens is 2. The van der Waals surface area contributed by atoms with Crippen molar-refractivity contribution in [2.75, 3.05) is 0 Å². The first-order valence-electron chi connectivity index (χ1n) is 7.31. The van der Waals surface area contributed by atoms with Crippen molar-refractivity contribution >= 4 is 5.91 Å². The molecule has 0 aliphatic carbocycles. The van der Waals surface area contributed by atoms with Gasteiger partial charge in [0.15, 0.2) is 0 Å².